The Balaban J connectivity index is 1.30. The number of urea groups is 1. The van der Waals surface area contributed by atoms with Crippen LogP contribution in [0.1, 0.15) is 44.9 Å². The van der Waals surface area contributed by atoms with Crippen molar-refractivity contribution in [1.82, 2.24) is 9.80 Å². The van der Waals surface area contributed by atoms with Crippen molar-refractivity contribution >= 4 is 23.3 Å². The first-order valence-electron chi connectivity index (χ1n) is 13.4. The van der Waals surface area contributed by atoms with E-state index < -0.39 is 0 Å². The van der Waals surface area contributed by atoms with Crippen molar-refractivity contribution < 1.29 is 14.3 Å². The average molecular weight is 491 g/mol. The molecule has 3 aliphatic heterocycles. The first kappa shape index (κ1) is 24.6. The van der Waals surface area contributed by atoms with E-state index in [4.69, 9.17) is 4.74 Å². The molecule has 3 amide bonds. The lowest BCUT2D eigenvalue weighted by molar-refractivity contribution is -0.116. The molecule has 3 aliphatic rings. The number of piperidine rings is 3. The van der Waals surface area contributed by atoms with Crippen LogP contribution in [-0.2, 0) is 4.79 Å². The molecule has 192 valence electrons. The number of benzene rings is 2. The maximum atomic E-state index is 13.7. The fourth-order valence-electron chi connectivity index (χ4n) is 6.75. The van der Waals surface area contributed by atoms with Crippen LogP contribution in [0.15, 0.2) is 54.6 Å². The van der Waals surface area contributed by atoms with E-state index in [-0.39, 0.29) is 18.0 Å². The fraction of sp³-hybridized carbons (Fsp3) is 0.517. The standard InChI is InChI=1S/C29H38N4O3/c1-36-26-16-6-5-14-24(26)31-29(35)33-20-21-10-8-18-32-19-9-13-23(28(21)32)25(33)15-7-17-27(34)30-22-11-3-2-4-12-22/h2-6,11-12,14,16,21,23,25,28H,7-10,13,15,17-20H2,1H3,(H,30,34)(H,31,35)/t21-,23+,25+,28-/m0/s1. The van der Waals surface area contributed by atoms with Crippen molar-refractivity contribution in [2.24, 2.45) is 11.8 Å². The van der Waals surface area contributed by atoms with Crippen molar-refractivity contribution in [3.05, 3.63) is 54.6 Å². The molecule has 2 N–H and O–H groups in total. The van der Waals surface area contributed by atoms with Crippen LogP contribution in [0.25, 0.3) is 0 Å². The SMILES string of the molecule is COc1ccccc1NC(=O)N1C[C@@H]2CCCN3CCC[C@@H]([C@H]23)[C@H]1CCCC(=O)Nc1ccccc1. The summed E-state index contributed by atoms with van der Waals surface area (Å²) in [4.78, 5) is 31.1. The number of methoxy groups -OCH3 is 1. The van der Waals surface area contributed by atoms with Gasteiger partial charge in [0.15, 0.2) is 0 Å². The van der Waals surface area contributed by atoms with E-state index in [0.29, 0.717) is 35.7 Å². The molecule has 36 heavy (non-hydrogen) atoms. The van der Waals surface area contributed by atoms with Crippen LogP contribution >= 0.6 is 0 Å². The topological polar surface area (TPSA) is 73.9 Å². The summed E-state index contributed by atoms with van der Waals surface area (Å²) in [6.07, 6.45) is 6.77. The summed E-state index contributed by atoms with van der Waals surface area (Å²) in [6.45, 7) is 3.13. The molecule has 5 rings (SSSR count). The smallest absolute Gasteiger partial charge is 0.322 e. The molecule has 3 heterocycles. The second-order valence-corrected chi connectivity index (χ2v) is 10.4. The maximum absolute atomic E-state index is 13.7. The van der Waals surface area contributed by atoms with E-state index >= 15 is 0 Å². The summed E-state index contributed by atoms with van der Waals surface area (Å²) in [5.74, 6) is 1.67. The Hall–Kier alpha value is -3.06. The van der Waals surface area contributed by atoms with Crippen LogP contribution in [0.4, 0.5) is 16.2 Å². The number of nitrogens with one attached hydrogen (secondary N) is 2. The van der Waals surface area contributed by atoms with Gasteiger partial charge >= 0.3 is 6.03 Å². The van der Waals surface area contributed by atoms with Gasteiger partial charge in [0, 0.05) is 30.7 Å². The number of nitrogens with zero attached hydrogens (tertiary/aromatic N) is 2. The highest BCUT2D eigenvalue weighted by Crippen LogP contribution is 2.43. The van der Waals surface area contributed by atoms with Gasteiger partial charge in [-0.05, 0) is 87.7 Å². The largest absolute Gasteiger partial charge is 0.495 e. The highest BCUT2D eigenvalue weighted by molar-refractivity contribution is 5.91. The molecule has 0 unspecified atom stereocenters. The maximum Gasteiger partial charge on any atom is 0.322 e. The Kier molecular flexibility index (Phi) is 7.75. The van der Waals surface area contributed by atoms with Gasteiger partial charge < -0.3 is 20.3 Å². The van der Waals surface area contributed by atoms with Crippen molar-refractivity contribution in [1.29, 1.82) is 0 Å². The zero-order valence-electron chi connectivity index (χ0n) is 21.2. The zero-order chi connectivity index (χ0) is 24.9. The molecule has 7 heteroatoms. The molecule has 3 fully saturated rings. The molecule has 3 saturated heterocycles. The number of carbonyl (C=O) groups is 2. The first-order valence-corrected chi connectivity index (χ1v) is 13.4. The monoisotopic (exact) mass is 490 g/mol. The number of hydrogen-bond acceptors (Lipinski definition) is 4. The third-order valence-corrected chi connectivity index (χ3v) is 8.24. The van der Waals surface area contributed by atoms with Gasteiger partial charge in [-0.2, -0.15) is 0 Å². The Labute approximate surface area is 214 Å². The van der Waals surface area contributed by atoms with Crippen molar-refractivity contribution in [2.45, 2.75) is 57.0 Å². The van der Waals surface area contributed by atoms with E-state index in [9.17, 15) is 9.59 Å². The van der Waals surface area contributed by atoms with Gasteiger partial charge in [-0.3, -0.25) is 9.69 Å². The second kappa shape index (κ2) is 11.3. The van der Waals surface area contributed by atoms with Crippen LogP contribution in [0.5, 0.6) is 5.75 Å². The quantitative estimate of drug-likeness (QED) is 0.559. The molecule has 0 saturated carbocycles. The van der Waals surface area contributed by atoms with Crippen LogP contribution in [-0.4, -0.2) is 60.6 Å². The summed E-state index contributed by atoms with van der Waals surface area (Å²) in [6, 6.07) is 17.8. The lowest BCUT2D eigenvalue weighted by atomic mass is 9.69. The van der Waals surface area contributed by atoms with Gasteiger partial charge in [-0.15, -0.1) is 0 Å². The van der Waals surface area contributed by atoms with Crippen molar-refractivity contribution in [3.63, 3.8) is 0 Å². The van der Waals surface area contributed by atoms with E-state index in [1.54, 1.807) is 7.11 Å². The third-order valence-electron chi connectivity index (χ3n) is 8.24. The van der Waals surface area contributed by atoms with Gasteiger partial charge in [-0.25, -0.2) is 4.79 Å². The van der Waals surface area contributed by atoms with Gasteiger partial charge in [0.25, 0.3) is 0 Å². The van der Waals surface area contributed by atoms with E-state index in [0.717, 1.165) is 31.5 Å². The normalized spacial score (nSPS) is 25.5. The molecule has 0 spiro atoms. The predicted octanol–water partition coefficient (Wildman–Crippen LogP) is 5.21. The second-order valence-electron chi connectivity index (χ2n) is 10.4. The van der Waals surface area contributed by atoms with Gasteiger partial charge in [0.1, 0.15) is 5.75 Å². The average Bonchev–Trinajstić information content (AvgIpc) is 2.90. The van der Waals surface area contributed by atoms with E-state index in [1.165, 1.54) is 32.4 Å². The molecule has 2 aromatic rings. The lowest BCUT2D eigenvalue weighted by Gasteiger charge is -2.57. The zero-order valence-corrected chi connectivity index (χ0v) is 21.2. The minimum absolute atomic E-state index is 0.0304. The van der Waals surface area contributed by atoms with Crippen molar-refractivity contribution in [3.8, 4) is 5.75 Å². The first-order chi connectivity index (χ1) is 17.6. The van der Waals surface area contributed by atoms with Crippen LogP contribution in [0, 0.1) is 11.8 Å². The molecule has 0 aromatic heterocycles. The Morgan fingerprint density at radius 1 is 0.972 bits per heavy atom. The Morgan fingerprint density at radius 2 is 1.72 bits per heavy atom. The summed E-state index contributed by atoms with van der Waals surface area (Å²) < 4.78 is 5.47. The number of likely N-dealkylation sites (tertiary alicyclic amines) is 1. The molecule has 7 nitrogen and oxygen atoms in total. The van der Waals surface area contributed by atoms with E-state index in [1.807, 2.05) is 54.6 Å². The molecule has 0 aliphatic carbocycles. The van der Waals surface area contributed by atoms with E-state index in [2.05, 4.69) is 20.4 Å². The number of rotatable bonds is 7. The van der Waals surface area contributed by atoms with Crippen LogP contribution in [0.3, 0.4) is 0 Å². The Bertz CT molecular complexity index is 1040. The molecule has 0 bridgehead atoms. The fourth-order valence-corrected chi connectivity index (χ4v) is 6.75. The molecule has 4 atom stereocenters. The number of ether oxygens (including phenoxy) is 1. The highest BCUT2D eigenvalue weighted by atomic mass is 16.5. The number of hydrogen-bond donors (Lipinski definition) is 2. The molecule has 2 aromatic carbocycles. The third kappa shape index (κ3) is 5.36. The summed E-state index contributed by atoms with van der Waals surface area (Å²) in [5, 5.41) is 6.13. The number of anilines is 2. The van der Waals surface area contributed by atoms with Gasteiger partial charge in [0.2, 0.25) is 5.91 Å². The summed E-state index contributed by atoms with van der Waals surface area (Å²) >= 11 is 0. The Morgan fingerprint density at radius 3 is 2.53 bits per heavy atom. The molecular formula is C29H38N4O3. The molecule has 0 radical (unpaired) electrons. The van der Waals surface area contributed by atoms with Gasteiger partial charge in [0.05, 0.1) is 12.8 Å². The van der Waals surface area contributed by atoms with Gasteiger partial charge in [-0.1, -0.05) is 30.3 Å². The minimum Gasteiger partial charge on any atom is -0.495 e. The van der Waals surface area contributed by atoms with Crippen LogP contribution < -0.4 is 15.4 Å². The number of amides is 3. The molecular weight excluding hydrogens is 452 g/mol. The highest BCUT2D eigenvalue weighted by Gasteiger charge is 2.49. The number of para-hydroxylation sites is 3. The summed E-state index contributed by atoms with van der Waals surface area (Å²) in [7, 11) is 1.62. The lowest BCUT2D eigenvalue weighted by Crippen LogP contribution is -2.66. The minimum atomic E-state index is -0.0561. The number of carbonyl (C=O) groups excluding carboxylic acids is 2. The summed E-state index contributed by atoms with van der Waals surface area (Å²) in [5.41, 5.74) is 1.52. The van der Waals surface area contributed by atoms with Crippen molar-refractivity contribution in [2.75, 3.05) is 37.4 Å². The van der Waals surface area contributed by atoms with Crippen LogP contribution in [0.2, 0.25) is 0 Å². The predicted molar refractivity (Wildman–Crippen MR) is 142 cm³/mol.